The molecule has 0 unspecified atom stereocenters. The fraction of sp³-hybridized carbons (Fsp3) is 0.500. The number of hydrogen-bond acceptors (Lipinski definition) is 4. The molecular weight excluding hydrogens is 278 g/mol. The number of nitrogens with zero attached hydrogens (tertiary/aromatic N) is 4. The molecule has 1 saturated heterocycles. The van der Waals surface area contributed by atoms with Crippen molar-refractivity contribution in [2.24, 2.45) is 0 Å². The average molecular weight is 299 g/mol. The van der Waals surface area contributed by atoms with Crippen LogP contribution in [0.25, 0.3) is 0 Å². The Hall–Kier alpha value is -2.24. The molecule has 2 aromatic rings. The lowest BCUT2D eigenvalue weighted by Crippen LogP contribution is -2.32. The van der Waals surface area contributed by atoms with Crippen LogP contribution in [0.15, 0.2) is 12.4 Å². The zero-order chi connectivity index (χ0) is 15.7. The van der Waals surface area contributed by atoms with Crippen molar-refractivity contribution in [3.05, 3.63) is 40.7 Å². The van der Waals surface area contributed by atoms with E-state index in [0.29, 0.717) is 6.42 Å². The minimum atomic E-state index is 0.0485. The third kappa shape index (κ3) is 2.73. The number of nitrogens with one attached hydrogen (secondary N) is 1. The first-order valence-corrected chi connectivity index (χ1v) is 7.64. The quantitative estimate of drug-likeness (QED) is 0.941. The Bertz CT molecular complexity index is 674. The van der Waals surface area contributed by atoms with Crippen LogP contribution in [-0.2, 0) is 11.2 Å². The van der Waals surface area contributed by atoms with Crippen molar-refractivity contribution in [2.45, 2.75) is 46.1 Å². The molecule has 0 aromatic carbocycles. The second-order valence-electron chi connectivity index (χ2n) is 5.92. The van der Waals surface area contributed by atoms with E-state index in [2.05, 4.69) is 20.2 Å². The lowest BCUT2D eigenvalue weighted by Gasteiger charge is -2.24. The van der Waals surface area contributed by atoms with Gasteiger partial charge in [0.15, 0.2) is 0 Å². The Labute approximate surface area is 130 Å². The van der Waals surface area contributed by atoms with E-state index in [1.165, 1.54) is 0 Å². The number of likely N-dealkylation sites (tertiary alicyclic amines) is 1. The Morgan fingerprint density at radius 3 is 2.86 bits per heavy atom. The van der Waals surface area contributed by atoms with Crippen LogP contribution in [0.5, 0.6) is 0 Å². The normalized spacial score (nSPS) is 18.0. The highest BCUT2D eigenvalue weighted by Crippen LogP contribution is 2.31. The van der Waals surface area contributed by atoms with E-state index < -0.39 is 0 Å². The first kappa shape index (κ1) is 14.7. The minimum absolute atomic E-state index is 0.0485. The van der Waals surface area contributed by atoms with Crippen molar-refractivity contribution in [2.75, 3.05) is 6.54 Å². The maximum absolute atomic E-state index is 12.7. The van der Waals surface area contributed by atoms with E-state index in [1.807, 2.05) is 25.7 Å². The Kier molecular flexibility index (Phi) is 3.92. The zero-order valence-electron chi connectivity index (χ0n) is 13.3. The third-order valence-electron chi connectivity index (χ3n) is 4.30. The van der Waals surface area contributed by atoms with Crippen LogP contribution in [0.3, 0.4) is 0 Å². The summed E-state index contributed by atoms with van der Waals surface area (Å²) in [6.07, 6.45) is 5.87. The summed E-state index contributed by atoms with van der Waals surface area (Å²) in [5.41, 5.74) is 4.66. The molecule has 22 heavy (non-hydrogen) atoms. The highest BCUT2D eigenvalue weighted by atomic mass is 16.2. The van der Waals surface area contributed by atoms with Crippen molar-refractivity contribution in [3.63, 3.8) is 0 Å². The van der Waals surface area contributed by atoms with Crippen molar-refractivity contribution in [1.29, 1.82) is 0 Å². The molecule has 116 valence electrons. The van der Waals surface area contributed by atoms with Crippen LogP contribution in [0.4, 0.5) is 0 Å². The fourth-order valence-electron chi connectivity index (χ4n) is 3.10. The molecule has 0 saturated carbocycles. The summed E-state index contributed by atoms with van der Waals surface area (Å²) < 4.78 is 0. The van der Waals surface area contributed by atoms with E-state index in [-0.39, 0.29) is 11.9 Å². The molecular formula is C16H21N5O. The summed E-state index contributed by atoms with van der Waals surface area (Å²) in [6, 6.07) is 0.0485. The van der Waals surface area contributed by atoms with E-state index >= 15 is 0 Å². The van der Waals surface area contributed by atoms with E-state index in [1.54, 1.807) is 12.4 Å². The summed E-state index contributed by atoms with van der Waals surface area (Å²) in [7, 11) is 0. The number of aromatic amines is 1. The maximum atomic E-state index is 12.7. The zero-order valence-corrected chi connectivity index (χ0v) is 13.3. The Balaban J connectivity index is 1.80. The first-order chi connectivity index (χ1) is 10.6. The number of carbonyl (C=O) groups is 1. The summed E-state index contributed by atoms with van der Waals surface area (Å²) in [5, 5.41) is 7.11. The number of rotatable bonds is 3. The van der Waals surface area contributed by atoms with Gasteiger partial charge < -0.3 is 4.90 Å². The lowest BCUT2D eigenvalue weighted by molar-refractivity contribution is -0.131. The van der Waals surface area contributed by atoms with Crippen LogP contribution in [-0.4, -0.2) is 37.5 Å². The molecule has 1 amide bonds. The summed E-state index contributed by atoms with van der Waals surface area (Å²) in [6.45, 7) is 6.60. The molecule has 0 bridgehead atoms. The largest absolute Gasteiger partial charge is 0.334 e. The van der Waals surface area contributed by atoms with Crippen LogP contribution < -0.4 is 0 Å². The molecule has 6 heteroatoms. The molecule has 2 aromatic heterocycles. The predicted octanol–water partition coefficient (Wildman–Crippen LogP) is 2.03. The van der Waals surface area contributed by atoms with Gasteiger partial charge in [0.05, 0.1) is 35.7 Å². The Morgan fingerprint density at radius 1 is 1.36 bits per heavy atom. The molecule has 1 aliphatic rings. The molecule has 6 nitrogen and oxygen atoms in total. The van der Waals surface area contributed by atoms with Crippen LogP contribution >= 0.6 is 0 Å². The SMILES string of the molecule is Cc1cncc([C@@H]2CCCN2C(=O)Cc2c(C)n[nH]c2C)n1. The molecule has 1 fully saturated rings. The number of hydrogen-bond donors (Lipinski definition) is 1. The van der Waals surface area contributed by atoms with Gasteiger partial charge >= 0.3 is 0 Å². The van der Waals surface area contributed by atoms with Crippen LogP contribution in [0, 0.1) is 20.8 Å². The van der Waals surface area contributed by atoms with Gasteiger partial charge in [-0.1, -0.05) is 0 Å². The summed E-state index contributed by atoms with van der Waals surface area (Å²) in [4.78, 5) is 23.4. The molecule has 3 rings (SSSR count). The number of H-pyrrole nitrogens is 1. The molecule has 1 atom stereocenters. The second-order valence-corrected chi connectivity index (χ2v) is 5.92. The Morgan fingerprint density at radius 2 is 2.18 bits per heavy atom. The van der Waals surface area contributed by atoms with Gasteiger partial charge in [0.1, 0.15) is 0 Å². The average Bonchev–Trinajstić information content (AvgIpc) is 3.09. The number of amides is 1. The maximum Gasteiger partial charge on any atom is 0.227 e. The number of aromatic nitrogens is 4. The van der Waals surface area contributed by atoms with Crippen molar-refractivity contribution < 1.29 is 4.79 Å². The number of carbonyl (C=O) groups excluding carboxylic acids is 1. The summed E-state index contributed by atoms with van der Waals surface area (Å²) in [5.74, 6) is 0.137. The topological polar surface area (TPSA) is 74.8 Å². The molecule has 0 spiro atoms. The fourth-order valence-corrected chi connectivity index (χ4v) is 3.10. The molecule has 1 N–H and O–H groups in total. The van der Waals surface area contributed by atoms with Crippen molar-refractivity contribution >= 4 is 5.91 Å². The smallest absolute Gasteiger partial charge is 0.227 e. The minimum Gasteiger partial charge on any atom is -0.334 e. The van der Waals surface area contributed by atoms with Crippen LogP contribution in [0.2, 0.25) is 0 Å². The monoisotopic (exact) mass is 299 g/mol. The van der Waals surface area contributed by atoms with Gasteiger partial charge in [-0.15, -0.1) is 0 Å². The third-order valence-corrected chi connectivity index (χ3v) is 4.30. The van der Waals surface area contributed by atoms with Crippen LogP contribution in [0.1, 0.15) is 47.2 Å². The molecule has 1 aliphatic heterocycles. The summed E-state index contributed by atoms with van der Waals surface area (Å²) >= 11 is 0. The van der Waals surface area contributed by atoms with Gasteiger partial charge in [0, 0.05) is 24.0 Å². The van der Waals surface area contributed by atoms with Crippen molar-refractivity contribution in [3.8, 4) is 0 Å². The van der Waals surface area contributed by atoms with Gasteiger partial charge in [-0.05, 0) is 33.6 Å². The molecule has 3 heterocycles. The van der Waals surface area contributed by atoms with E-state index in [9.17, 15) is 4.79 Å². The number of aryl methyl sites for hydroxylation is 3. The van der Waals surface area contributed by atoms with Gasteiger partial charge in [0.25, 0.3) is 0 Å². The molecule has 0 radical (unpaired) electrons. The highest BCUT2D eigenvalue weighted by Gasteiger charge is 2.31. The van der Waals surface area contributed by atoms with Gasteiger partial charge in [-0.2, -0.15) is 5.10 Å². The van der Waals surface area contributed by atoms with Crippen molar-refractivity contribution in [1.82, 2.24) is 25.1 Å². The molecule has 0 aliphatic carbocycles. The first-order valence-electron chi connectivity index (χ1n) is 7.64. The van der Waals surface area contributed by atoms with Gasteiger partial charge in [-0.3, -0.25) is 19.9 Å². The van der Waals surface area contributed by atoms with Gasteiger partial charge in [-0.25, -0.2) is 0 Å². The second kappa shape index (κ2) is 5.87. The van der Waals surface area contributed by atoms with E-state index in [0.717, 1.165) is 47.7 Å². The van der Waals surface area contributed by atoms with E-state index in [4.69, 9.17) is 0 Å². The standard InChI is InChI=1S/C16H21N5O/c1-10-8-17-9-14(18-10)15-5-4-6-21(15)16(22)7-13-11(2)19-20-12(13)3/h8-9,15H,4-7H2,1-3H3,(H,19,20)/t15-/m0/s1. The van der Waals surface area contributed by atoms with Gasteiger partial charge in [0.2, 0.25) is 5.91 Å². The predicted molar refractivity (Wildman–Crippen MR) is 82.2 cm³/mol. The highest BCUT2D eigenvalue weighted by molar-refractivity contribution is 5.80. The lowest BCUT2D eigenvalue weighted by atomic mass is 10.1.